The zero-order chi connectivity index (χ0) is 21.9. The second-order valence-corrected chi connectivity index (χ2v) is 9.41. The topological polar surface area (TPSA) is 87.7 Å². The van der Waals surface area contributed by atoms with Gasteiger partial charge in [-0.2, -0.15) is 0 Å². The van der Waals surface area contributed by atoms with Crippen LogP contribution in [0.25, 0.3) is 0 Å². The van der Waals surface area contributed by atoms with Crippen LogP contribution in [0.2, 0.25) is 0 Å². The fourth-order valence-corrected chi connectivity index (χ4v) is 4.25. The zero-order valence-electron chi connectivity index (χ0n) is 18.4. The molecule has 0 radical (unpaired) electrons. The summed E-state index contributed by atoms with van der Waals surface area (Å²) < 4.78 is 5.67. The number of nitrogens with one attached hydrogen (secondary N) is 2. The third-order valence-corrected chi connectivity index (χ3v) is 6.22. The van der Waals surface area contributed by atoms with Gasteiger partial charge in [0.15, 0.2) is 0 Å². The average molecular weight is 416 g/mol. The van der Waals surface area contributed by atoms with Crippen LogP contribution in [0.1, 0.15) is 58.9 Å². The summed E-state index contributed by atoms with van der Waals surface area (Å²) in [6.45, 7) is 8.79. The minimum absolute atomic E-state index is 0.0776. The van der Waals surface area contributed by atoms with Crippen LogP contribution in [0.3, 0.4) is 0 Å². The van der Waals surface area contributed by atoms with Crippen LogP contribution in [0.4, 0.5) is 4.79 Å². The number of rotatable bonds is 6. The molecule has 1 saturated heterocycles. The van der Waals surface area contributed by atoms with Crippen molar-refractivity contribution >= 4 is 17.8 Å². The highest BCUT2D eigenvalue weighted by Gasteiger charge is 2.55. The Morgan fingerprint density at radius 3 is 2.57 bits per heavy atom. The van der Waals surface area contributed by atoms with E-state index in [0.29, 0.717) is 19.6 Å². The molecule has 4 amide bonds. The van der Waals surface area contributed by atoms with E-state index in [9.17, 15) is 14.4 Å². The van der Waals surface area contributed by atoms with Gasteiger partial charge in [-0.1, -0.05) is 52.7 Å². The van der Waals surface area contributed by atoms with Crippen molar-refractivity contribution in [1.82, 2.24) is 15.5 Å². The SMILES string of the molecule is C[C@@H]1CCCC[C@@]12NC(=O)N(CC(=O)NCCOc1ccc(C(C)(C)C)cc1)C2=O. The Balaban J connectivity index is 1.45. The number of benzene rings is 1. The van der Waals surface area contributed by atoms with E-state index in [1.807, 2.05) is 31.2 Å². The van der Waals surface area contributed by atoms with Crippen LogP contribution in [0.15, 0.2) is 24.3 Å². The second-order valence-electron chi connectivity index (χ2n) is 9.41. The molecular formula is C23H33N3O4. The van der Waals surface area contributed by atoms with Gasteiger partial charge in [-0.3, -0.25) is 14.5 Å². The molecular weight excluding hydrogens is 382 g/mol. The second kappa shape index (κ2) is 8.66. The molecule has 1 aliphatic heterocycles. The summed E-state index contributed by atoms with van der Waals surface area (Å²) in [6, 6.07) is 7.43. The van der Waals surface area contributed by atoms with E-state index in [4.69, 9.17) is 4.74 Å². The minimum Gasteiger partial charge on any atom is -0.492 e. The standard InChI is InChI=1S/C23H33N3O4/c1-16-7-5-6-12-23(16)20(28)26(21(29)25-23)15-19(27)24-13-14-30-18-10-8-17(9-11-18)22(2,3)4/h8-11,16H,5-7,12-15H2,1-4H3,(H,24,27)(H,25,29)/t16-,23-/m1/s1. The van der Waals surface area contributed by atoms with Gasteiger partial charge in [-0.25, -0.2) is 4.79 Å². The maximum absolute atomic E-state index is 12.9. The predicted octanol–water partition coefficient (Wildman–Crippen LogP) is 2.98. The molecule has 1 saturated carbocycles. The number of ether oxygens (including phenoxy) is 1. The first kappa shape index (κ1) is 22.1. The number of imide groups is 1. The van der Waals surface area contributed by atoms with Gasteiger partial charge in [0, 0.05) is 0 Å². The fourth-order valence-electron chi connectivity index (χ4n) is 4.25. The van der Waals surface area contributed by atoms with Gasteiger partial charge in [0.05, 0.1) is 6.54 Å². The minimum atomic E-state index is -0.835. The summed E-state index contributed by atoms with van der Waals surface area (Å²) in [6.07, 6.45) is 3.51. The lowest BCUT2D eigenvalue weighted by Crippen LogP contribution is -2.54. The molecule has 2 fully saturated rings. The first-order valence-corrected chi connectivity index (χ1v) is 10.8. The van der Waals surface area contributed by atoms with Crippen molar-refractivity contribution in [3.8, 4) is 5.75 Å². The maximum Gasteiger partial charge on any atom is 0.325 e. The number of carbonyl (C=O) groups is 3. The van der Waals surface area contributed by atoms with E-state index in [1.54, 1.807) is 0 Å². The Morgan fingerprint density at radius 2 is 1.93 bits per heavy atom. The Hall–Kier alpha value is -2.57. The van der Waals surface area contributed by atoms with Gasteiger partial charge in [0.1, 0.15) is 24.4 Å². The Bertz CT molecular complexity index is 800. The molecule has 7 heteroatoms. The van der Waals surface area contributed by atoms with Crippen molar-refractivity contribution in [2.45, 2.75) is 64.3 Å². The molecule has 0 bridgehead atoms. The van der Waals surface area contributed by atoms with E-state index >= 15 is 0 Å². The third kappa shape index (κ3) is 4.60. The molecule has 1 aromatic carbocycles. The zero-order valence-corrected chi connectivity index (χ0v) is 18.4. The number of urea groups is 1. The van der Waals surface area contributed by atoms with E-state index in [-0.39, 0.29) is 29.7 Å². The van der Waals surface area contributed by atoms with Crippen molar-refractivity contribution < 1.29 is 19.1 Å². The monoisotopic (exact) mass is 415 g/mol. The fraction of sp³-hybridized carbons (Fsp3) is 0.609. The van der Waals surface area contributed by atoms with Crippen LogP contribution in [-0.4, -0.2) is 48.0 Å². The van der Waals surface area contributed by atoms with Crippen molar-refractivity contribution in [2.75, 3.05) is 19.7 Å². The van der Waals surface area contributed by atoms with Crippen molar-refractivity contribution in [3.05, 3.63) is 29.8 Å². The van der Waals surface area contributed by atoms with Crippen LogP contribution in [0, 0.1) is 5.92 Å². The normalized spacial score (nSPS) is 24.1. The molecule has 0 unspecified atom stereocenters. The summed E-state index contributed by atoms with van der Waals surface area (Å²) >= 11 is 0. The molecule has 164 valence electrons. The van der Waals surface area contributed by atoms with Crippen molar-refractivity contribution in [3.63, 3.8) is 0 Å². The van der Waals surface area contributed by atoms with E-state index < -0.39 is 11.6 Å². The summed E-state index contributed by atoms with van der Waals surface area (Å²) in [4.78, 5) is 38.5. The lowest BCUT2D eigenvalue weighted by molar-refractivity contribution is -0.137. The van der Waals surface area contributed by atoms with Gasteiger partial charge >= 0.3 is 6.03 Å². The molecule has 2 aliphatic rings. The van der Waals surface area contributed by atoms with Crippen LogP contribution in [0.5, 0.6) is 5.75 Å². The van der Waals surface area contributed by atoms with Crippen molar-refractivity contribution in [1.29, 1.82) is 0 Å². The summed E-state index contributed by atoms with van der Waals surface area (Å²) in [5, 5.41) is 5.58. The number of hydrogen-bond acceptors (Lipinski definition) is 4. The van der Waals surface area contributed by atoms with Crippen LogP contribution >= 0.6 is 0 Å². The molecule has 30 heavy (non-hydrogen) atoms. The van der Waals surface area contributed by atoms with Gasteiger partial charge in [0.2, 0.25) is 5.91 Å². The highest BCUT2D eigenvalue weighted by Crippen LogP contribution is 2.38. The predicted molar refractivity (Wildman–Crippen MR) is 114 cm³/mol. The molecule has 1 aliphatic carbocycles. The van der Waals surface area contributed by atoms with Crippen LogP contribution in [-0.2, 0) is 15.0 Å². The lowest BCUT2D eigenvalue weighted by Gasteiger charge is -2.36. The first-order valence-electron chi connectivity index (χ1n) is 10.8. The molecule has 0 aromatic heterocycles. The smallest absolute Gasteiger partial charge is 0.325 e. The lowest BCUT2D eigenvalue weighted by atomic mass is 9.73. The van der Waals surface area contributed by atoms with Crippen molar-refractivity contribution in [2.24, 2.45) is 5.92 Å². The summed E-state index contributed by atoms with van der Waals surface area (Å²) in [5.74, 6) is 0.170. The van der Waals surface area contributed by atoms with Gasteiger partial charge in [0.25, 0.3) is 5.91 Å². The maximum atomic E-state index is 12.9. The van der Waals surface area contributed by atoms with Crippen LogP contribution < -0.4 is 15.4 Å². The molecule has 2 N–H and O–H groups in total. The quantitative estimate of drug-likeness (QED) is 0.552. The van der Waals surface area contributed by atoms with Gasteiger partial charge in [-0.05, 0) is 41.9 Å². The average Bonchev–Trinajstić information content (AvgIpc) is 2.92. The number of hydrogen-bond donors (Lipinski definition) is 2. The molecule has 7 nitrogen and oxygen atoms in total. The molecule has 2 atom stereocenters. The van der Waals surface area contributed by atoms with Gasteiger partial charge in [-0.15, -0.1) is 0 Å². The number of nitrogens with zero attached hydrogens (tertiary/aromatic N) is 1. The van der Waals surface area contributed by atoms with Gasteiger partial charge < -0.3 is 15.4 Å². The summed E-state index contributed by atoms with van der Waals surface area (Å²) in [5.41, 5.74) is 0.472. The largest absolute Gasteiger partial charge is 0.492 e. The Morgan fingerprint density at radius 1 is 1.23 bits per heavy atom. The highest BCUT2D eigenvalue weighted by molar-refractivity contribution is 6.09. The molecule has 1 spiro atoms. The van der Waals surface area contributed by atoms with E-state index in [0.717, 1.165) is 29.9 Å². The molecule has 1 aromatic rings. The first-order chi connectivity index (χ1) is 14.1. The number of carbonyl (C=O) groups excluding carboxylic acids is 3. The Labute approximate surface area is 178 Å². The molecule has 1 heterocycles. The van der Waals surface area contributed by atoms with E-state index in [2.05, 4.69) is 31.4 Å². The third-order valence-electron chi connectivity index (χ3n) is 6.22. The highest BCUT2D eigenvalue weighted by atomic mass is 16.5. The number of amides is 4. The summed E-state index contributed by atoms with van der Waals surface area (Å²) in [7, 11) is 0. The van der Waals surface area contributed by atoms with E-state index in [1.165, 1.54) is 5.56 Å². The Kier molecular flexibility index (Phi) is 6.38. The molecule has 3 rings (SSSR count).